The number of anilines is 1. The zero-order chi connectivity index (χ0) is 18.5. The third-order valence-corrected chi connectivity index (χ3v) is 3.97. The molecule has 2 aromatic heterocycles. The Labute approximate surface area is 150 Å². The molecule has 0 aliphatic heterocycles. The summed E-state index contributed by atoms with van der Waals surface area (Å²) in [7, 11) is 0. The van der Waals surface area contributed by atoms with Gasteiger partial charge in [-0.05, 0) is 35.6 Å². The first-order chi connectivity index (χ1) is 12.5. The fraction of sp³-hybridized carbons (Fsp3) is 0. The summed E-state index contributed by atoms with van der Waals surface area (Å²) in [5.41, 5.74) is 0.174. The summed E-state index contributed by atoms with van der Waals surface area (Å²) >= 11 is 0.721. The van der Waals surface area contributed by atoms with Crippen LogP contribution in [0.2, 0.25) is 0 Å². The van der Waals surface area contributed by atoms with Crippen molar-refractivity contribution in [1.29, 1.82) is 0 Å². The number of hydrogen-bond donors (Lipinski definition) is 1. The number of para-hydroxylation sites is 1. The van der Waals surface area contributed by atoms with Crippen molar-refractivity contribution in [2.24, 2.45) is 0 Å². The molecule has 3 rings (SSSR count). The van der Waals surface area contributed by atoms with E-state index in [4.69, 9.17) is 4.74 Å². The number of hydrogen-bond acceptors (Lipinski definition) is 8. The van der Waals surface area contributed by atoms with E-state index in [9.17, 15) is 19.7 Å². The number of amides is 1. The van der Waals surface area contributed by atoms with Gasteiger partial charge in [-0.2, -0.15) is 0 Å². The Balaban J connectivity index is 1.78. The van der Waals surface area contributed by atoms with Crippen molar-refractivity contribution in [3.63, 3.8) is 0 Å². The highest BCUT2D eigenvalue weighted by Gasteiger charge is 2.19. The van der Waals surface area contributed by atoms with E-state index in [-0.39, 0.29) is 27.1 Å². The molecule has 0 fully saturated rings. The molecule has 1 amide bonds. The van der Waals surface area contributed by atoms with Gasteiger partial charge in [0.25, 0.3) is 5.91 Å². The molecule has 0 unspecified atom stereocenters. The smallest absolute Gasteiger partial charge is 0.362 e. The number of ether oxygens (including phenoxy) is 1. The lowest BCUT2D eigenvalue weighted by Crippen LogP contribution is -2.16. The van der Waals surface area contributed by atoms with Crippen molar-refractivity contribution in [2.75, 3.05) is 5.32 Å². The first-order valence-electron chi connectivity index (χ1n) is 7.18. The molecule has 0 atom stereocenters. The van der Waals surface area contributed by atoms with E-state index in [1.54, 1.807) is 24.3 Å². The van der Waals surface area contributed by atoms with E-state index in [0.29, 0.717) is 0 Å². The van der Waals surface area contributed by atoms with Crippen LogP contribution < -0.4 is 10.1 Å². The highest BCUT2D eigenvalue weighted by atomic mass is 32.1. The van der Waals surface area contributed by atoms with Gasteiger partial charge in [0.05, 0.1) is 10.5 Å². The van der Waals surface area contributed by atoms with Gasteiger partial charge in [-0.3, -0.25) is 20.2 Å². The van der Waals surface area contributed by atoms with Crippen LogP contribution in [0.15, 0.2) is 54.9 Å². The maximum atomic E-state index is 12.4. The number of carbonyl (C=O) groups is 2. The van der Waals surface area contributed by atoms with Crippen molar-refractivity contribution in [3.05, 3.63) is 76.2 Å². The summed E-state index contributed by atoms with van der Waals surface area (Å²) in [4.78, 5) is 42.3. The summed E-state index contributed by atoms with van der Waals surface area (Å²) in [6.45, 7) is 0. The van der Waals surface area contributed by atoms with Crippen LogP contribution in [-0.4, -0.2) is 26.8 Å². The highest BCUT2D eigenvalue weighted by Crippen LogP contribution is 2.26. The van der Waals surface area contributed by atoms with E-state index in [1.165, 1.54) is 24.4 Å². The Morgan fingerprint density at radius 2 is 1.88 bits per heavy atom. The van der Waals surface area contributed by atoms with Crippen LogP contribution in [0.3, 0.4) is 0 Å². The lowest BCUT2D eigenvalue weighted by Gasteiger charge is -2.09. The fourth-order valence-electron chi connectivity index (χ4n) is 1.95. The van der Waals surface area contributed by atoms with E-state index >= 15 is 0 Å². The molecule has 0 aliphatic carbocycles. The molecule has 0 aliphatic rings. The first-order valence-corrected chi connectivity index (χ1v) is 8.00. The minimum absolute atomic E-state index is 0.0340. The lowest BCUT2D eigenvalue weighted by atomic mass is 10.2. The average molecular weight is 370 g/mol. The van der Waals surface area contributed by atoms with Gasteiger partial charge >= 0.3 is 11.0 Å². The first kappa shape index (κ1) is 17.2. The monoisotopic (exact) mass is 370 g/mol. The second-order valence-corrected chi connectivity index (χ2v) is 5.82. The average Bonchev–Trinajstić information content (AvgIpc) is 3.11. The van der Waals surface area contributed by atoms with Crippen molar-refractivity contribution in [3.8, 4) is 5.75 Å². The van der Waals surface area contributed by atoms with Gasteiger partial charge in [-0.25, -0.2) is 14.8 Å². The van der Waals surface area contributed by atoms with E-state index in [0.717, 1.165) is 17.5 Å². The van der Waals surface area contributed by atoms with Gasteiger partial charge < -0.3 is 4.74 Å². The van der Waals surface area contributed by atoms with Crippen LogP contribution in [0.4, 0.5) is 10.1 Å². The molecule has 0 bridgehead atoms. The molecule has 1 aromatic carbocycles. The molecule has 2 heterocycles. The molecule has 3 aromatic rings. The third kappa shape index (κ3) is 3.87. The van der Waals surface area contributed by atoms with Gasteiger partial charge in [0.15, 0.2) is 5.13 Å². The number of benzene rings is 1. The van der Waals surface area contributed by atoms with Crippen LogP contribution in [-0.2, 0) is 0 Å². The minimum Gasteiger partial charge on any atom is -0.421 e. The summed E-state index contributed by atoms with van der Waals surface area (Å²) in [5, 5.41) is 13.0. The molecule has 0 saturated heterocycles. The predicted molar refractivity (Wildman–Crippen MR) is 92.4 cm³/mol. The molecule has 1 N–H and O–H groups in total. The van der Waals surface area contributed by atoms with Crippen molar-refractivity contribution >= 4 is 33.3 Å². The van der Waals surface area contributed by atoms with Gasteiger partial charge in [0.2, 0.25) is 0 Å². The maximum absolute atomic E-state index is 12.4. The SMILES string of the molecule is O=C(Oc1ccccc1C(=O)Nc1ncc([N+](=O)[O-])s1)c1ccccn1. The molecule has 0 saturated carbocycles. The topological polar surface area (TPSA) is 124 Å². The number of nitrogens with zero attached hydrogens (tertiary/aromatic N) is 3. The van der Waals surface area contributed by atoms with E-state index in [1.807, 2.05) is 0 Å². The minimum atomic E-state index is -0.712. The summed E-state index contributed by atoms with van der Waals surface area (Å²) < 4.78 is 5.25. The fourth-order valence-corrected chi connectivity index (χ4v) is 2.58. The Morgan fingerprint density at radius 1 is 1.12 bits per heavy atom. The van der Waals surface area contributed by atoms with E-state index < -0.39 is 16.8 Å². The van der Waals surface area contributed by atoms with Gasteiger partial charge in [0.1, 0.15) is 17.6 Å². The van der Waals surface area contributed by atoms with Crippen LogP contribution >= 0.6 is 11.3 Å². The number of esters is 1. The normalized spacial score (nSPS) is 10.2. The van der Waals surface area contributed by atoms with Crippen molar-refractivity contribution in [1.82, 2.24) is 9.97 Å². The number of nitrogens with one attached hydrogen (secondary N) is 1. The van der Waals surface area contributed by atoms with Crippen LogP contribution in [0.5, 0.6) is 5.75 Å². The van der Waals surface area contributed by atoms with Gasteiger partial charge in [0, 0.05) is 6.20 Å². The Hall–Kier alpha value is -3.66. The Morgan fingerprint density at radius 3 is 2.58 bits per heavy atom. The molecule has 0 spiro atoms. The number of rotatable bonds is 5. The zero-order valence-electron chi connectivity index (χ0n) is 13.0. The largest absolute Gasteiger partial charge is 0.421 e. The van der Waals surface area contributed by atoms with Gasteiger partial charge in [-0.15, -0.1) is 0 Å². The Kier molecular flexibility index (Phi) is 4.94. The Bertz CT molecular complexity index is 974. The van der Waals surface area contributed by atoms with Crippen LogP contribution in [0.25, 0.3) is 0 Å². The number of carbonyl (C=O) groups excluding carboxylic acids is 2. The molecule has 9 nitrogen and oxygen atoms in total. The predicted octanol–water partition coefficient (Wildman–Crippen LogP) is 2.92. The molecule has 130 valence electrons. The third-order valence-electron chi connectivity index (χ3n) is 3.10. The second kappa shape index (κ2) is 7.49. The molecule has 26 heavy (non-hydrogen) atoms. The molecule has 10 heteroatoms. The van der Waals surface area contributed by atoms with Crippen LogP contribution in [0.1, 0.15) is 20.8 Å². The van der Waals surface area contributed by atoms with E-state index in [2.05, 4.69) is 15.3 Å². The standard InChI is InChI=1S/C16H10N4O5S/c21-14(19-16-18-9-13(26-16)20(23)24)10-5-1-2-7-12(10)25-15(22)11-6-3-4-8-17-11/h1-9H,(H,18,19,21). The number of pyridine rings is 1. The zero-order valence-corrected chi connectivity index (χ0v) is 13.8. The number of aromatic nitrogens is 2. The maximum Gasteiger partial charge on any atom is 0.362 e. The molecule has 0 radical (unpaired) electrons. The summed E-state index contributed by atoms with van der Waals surface area (Å²) in [6, 6.07) is 10.9. The van der Waals surface area contributed by atoms with Crippen molar-refractivity contribution < 1.29 is 19.2 Å². The van der Waals surface area contributed by atoms with Crippen LogP contribution in [0, 0.1) is 10.1 Å². The number of nitro groups is 1. The quantitative estimate of drug-likeness (QED) is 0.317. The summed E-state index contributed by atoms with van der Waals surface area (Å²) in [6.07, 6.45) is 2.50. The van der Waals surface area contributed by atoms with Crippen molar-refractivity contribution in [2.45, 2.75) is 0 Å². The second-order valence-electron chi connectivity index (χ2n) is 4.82. The lowest BCUT2D eigenvalue weighted by molar-refractivity contribution is -0.380. The number of thiazole rings is 1. The summed E-state index contributed by atoms with van der Waals surface area (Å²) in [5.74, 6) is -1.29. The molecular formula is C16H10N4O5S. The van der Waals surface area contributed by atoms with Gasteiger partial charge in [-0.1, -0.05) is 18.2 Å². The highest BCUT2D eigenvalue weighted by molar-refractivity contribution is 7.18. The molecular weight excluding hydrogens is 360 g/mol.